The molecular weight excluding hydrogens is 453 g/mol. The number of ether oxygens (including phenoxy) is 1. The first-order valence-electron chi connectivity index (χ1n) is 11.0. The lowest BCUT2D eigenvalue weighted by Crippen LogP contribution is -2.42. The predicted molar refractivity (Wildman–Crippen MR) is 130 cm³/mol. The molecule has 8 heteroatoms. The van der Waals surface area contributed by atoms with E-state index in [-0.39, 0.29) is 37.2 Å². The number of thiophene rings is 1. The maximum absolute atomic E-state index is 13.7. The van der Waals surface area contributed by atoms with Gasteiger partial charge in [-0.15, -0.1) is 11.3 Å². The fraction of sp³-hybridized carbons (Fsp3) is 0.269. The summed E-state index contributed by atoms with van der Waals surface area (Å²) in [6.45, 7) is 2.27. The van der Waals surface area contributed by atoms with Gasteiger partial charge in [-0.25, -0.2) is 9.40 Å². The Kier molecular flexibility index (Phi) is 7.49. The standard InChI is InChI=1S/C26H26FN3O3S/c1-18-8-10-19(11-9-18)23-16-22(24-7-4-14-34-24)28-30(23)25(31)17-29(12-13-33-2)26(32)20-5-3-6-21(27)15-20/h3-11,14-15,23H,12-13,16-17H2,1-2H3/t23-/m0/s1. The quantitative estimate of drug-likeness (QED) is 0.472. The highest BCUT2D eigenvalue weighted by Gasteiger charge is 2.34. The summed E-state index contributed by atoms with van der Waals surface area (Å²) in [5.41, 5.74) is 3.14. The van der Waals surface area contributed by atoms with Crippen LogP contribution in [-0.4, -0.2) is 54.2 Å². The average molecular weight is 480 g/mol. The molecule has 0 unspecified atom stereocenters. The van der Waals surface area contributed by atoms with Gasteiger partial charge in [-0.2, -0.15) is 5.10 Å². The largest absolute Gasteiger partial charge is 0.383 e. The van der Waals surface area contributed by atoms with Crippen molar-refractivity contribution in [1.29, 1.82) is 0 Å². The zero-order valence-electron chi connectivity index (χ0n) is 19.1. The molecule has 2 amide bonds. The Balaban J connectivity index is 1.60. The molecule has 0 aliphatic carbocycles. The van der Waals surface area contributed by atoms with Crippen molar-refractivity contribution >= 4 is 28.9 Å². The number of amides is 2. The summed E-state index contributed by atoms with van der Waals surface area (Å²) >= 11 is 1.58. The molecule has 1 aliphatic rings. The van der Waals surface area contributed by atoms with Gasteiger partial charge in [-0.1, -0.05) is 42.0 Å². The Hall–Kier alpha value is -3.36. The second kappa shape index (κ2) is 10.7. The Morgan fingerprint density at radius 1 is 1.18 bits per heavy atom. The summed E-state index contributed by atoms with van der Waals surface area (Å²) in [4.78, 5) is 29.0. The molecule has 0 saturated heterocycles. The van der Waals surface area contributed by atoms with Crippen LogP contribution in [0.25, 0.3) is 0 Å². The minimum absolute atomic E-state index is 0.184. The van der Waals surface area contributed by atoms with E-state index in [2.05, 4.69) is 5.10 Å². The first-order valence-corrected chi connectivity index (χ1v) is 11.9. The molecule has 1 atom stereocenters. The highest BCUT2D eigenvalue weighted by molar-refractivity contribution is 7.12. The van der Waals surface area contributed by atoms with Gasteiger partial charge < -0.3 is 9.64 Å². The SMILES string of the molecule is COCCN(CC(=O)N1N=C(c2cccs2)C[C@H]1c1ccc(C)cc1)C(=O)c1cccc(F)c1. The molecule has 0 bridgehead atoms. The van der Waals surface area contributed by atoms with Crippen molar-refractivity contribution in [1.82, 2.24) is 9.91 Å². The Labute approximate surface area is 202 Å². The summed E-state index contributed by atoms with van der Waals surface area (Å²) in [5, 5.41) is 8.14. The maximum Gasteiger partial charge on any atom is 0.262 e. The molecule has 2 heterocycles. The molecule has 1 aliphatic heterocycles. The predicted octanol–water partition coefficient (Wildman–Crippen LogP) is 4.66. The molecule has 0 radical (unpaired) electrons. The van der Waals surface area contributed by atoms with Crippen molar-refractivity contribution in [2.24, 2.45) is 5.10 Å². The summed E-state index contributed by atoms with van der Waals surface area (Å²) in [7, 11) is 1.53. The monoisotopic (exact) mass is 479 g/mol. The smallest absolute Gasteiger partial charge is 0.262 e. The molecular formula is C26H26FN3O3S. The molecule has 34 heavy (non-hydrogen) atoms. The first kappa shape index (κ1) is 23.8. The molecule has 0 fully saturated rings. The minimum atomic E-state index is -0.506. The van der Waals surface area contributed by atoms with Crippen molar-refractivity contribution in [2.75, 3.05) is 26.8 Å². The van der Waals surface area contributed by atoms with E-state index in [0.717, 1.165) is 21.7 Å². The van der Waals surface area contributed by atoms with E-state index in [9.17, 15) is 14.0 Å². The Morgan fingerprint density at radius 3 is 2.65 bits per heavy atom. The highest BCUT2D eigenvalue weighted by Crippen LogP contribution is 2.34. The van der Waals surface area contributed by atoms with Crippen LogP contribution in [0.3, 0.4) is 0 Å². The third-order valence-electron chi connectivity index (χ3n) is 5.68. The Bertz CT molecular complexity index is 1180. The van der Waals surface area contributed by atoms with Gasteiger partial charge >= 0.3 is 0 Å². The molecule has 176 valence electrons. The molecule has 2 aromatic carbocycles. The van der Waals surface area contributed by atoms with E-state index < -0.39 is 11.7 Å². The van der Waals surface area contributed by atoms with Gasteiger partial charge in [0.2, 0.25) is 0 Å². The number of rotatable bonds is 8. The number of carbonyl (C=O) groups is 2. The Morgan fingerprint density at radius 2 is 1.97 bits per heavy atom. The van der Waals surface area contributed by atoms with Crippen LogP contribution in [0.4, 0.5) is 4.39 Å². The summed E-state index contributed by atoms with van der Waals surface area (Å²) in [5.74, 6) is -1.25. The van der Waals surface area contributed by atoms with E-state index in [4.69, 9.17) is 4.74 Å². The van der Waals surface area contributed by atoms with Gasteiger partial charge in [0.25, 0.3) is 11.8 Å². The van der Waals surface area contributed by atoms with Crippen LogP contribution in [0, 0.1) is 12.7 Å². The van der Waals surface area contributed by atoms with Crippen molar-refractivity contribution in [2.45, 2.75) is 19.4 Å². The number of methoxy groups -OCH3 is 1. The van der Waals surface area contributed by atoms with Gasteiger partial charge in [-0.3, -0.25) is 9.59 Å². The number of aryl methyl sites for hydroxylation is 1. The van der Waals surface area contributed by atoms with E-state index in [1.54, 1.807) is 11.3 Å². The van der Waals surface area contributed by atoms with Gasteiger partial charge in [0.1, 0.15) is 12.4 Å². The molecule has 3 aromatic rings. The maximum atomic E-state index is 13.7. The van der Waals surface area contributed by atoms with E-state index in [0.29, 0.717) is 6.42 Å². The van der Waals surface area contributed by atoms with Crippen LogP contribution in [0.15, 0.2) is 71.1 Å². The van der Waals surface area contributed by atoms with E-state index in [1.165, 1.54) is 41.3 Å². The van der Waals surface area contributed by atoms with E-state index in [1.807, 2.05) is 48.7 Å². The van der Waals surface area contributed by atoms with Crippen LogP contribution in [0.2, 0.25) is 0 Å². The lowest BCUT2D eigenvalue weighted by atomic mass is 10.00. The second-order valence-electron chi connectivity index (χ2n) is 8.12. The van der Waals surface area contributed by atoms with Crippen molar-refractivity contribution in [3.05, 3.63) is 93.4 Å². The van der Waals surface area contributed by atoms with Crippen LogP contribution >= 0.6 is 11.3 Å². The summed E-state index contributed by atoms with van der Waals surface area (Å²) < 4.78 is 18.8. The highest BCUT2D eigenvalue weighted by atomic mass is 32.1. The molecule has 6 nitrogen and oxygen atoms in total. The van der Waals surface area contributed by atoms with Crippen LogP contribution in [0.5, 0.6) is 0 Å². The zero-order chi connectivity index (χ0) is 24.1. The van der Waals surface area contributed by atoms with Crippen molar-refractivity contribution in [3.63, 3.8) is 0 Å². The fourth-order valence-corrected chi connectivity index (χ4v) is 4.59. The van der Waals surface area contributed by atoms with Crippen molar-refractivity contribution < 1.29 is 18.7 Å². The first-order chi connectivity index (χ1) is 16.5. The number of carbonyl (C=O) groups excluding carboxylic acids is 2. The second-order valence-corrected chi connectivity index (χ2v) is 9.07. The third kappa shape index (κ3) is 5.40. The van der Waals surface area contributed by atoms with Crippen LogP contribution in [0.1, 0.15) is 38.8 Å². The number of nitrogens with zero attached hydrogens (tertiary/aromatic N) is 3. The molecule has 0 saturated carbocycles. The van der Waals surface area contributed by atoms with Gasteiger partial charge in [-0.05, 0) is 42.1 Å². The lowest BCUT2D eigenvalue weighted by Gasteiger charge is -2.27. The number of hydrogen-bond donors (Lipinski definition) is 0. The normalized spacial score (nSPS) is 15.3. The number of hydrazone groups is 1. The molecule has 0 N–H and O–H groups in total. The van der Waals surface area contributed by atoms with Gasteiger partial charge in [0, 0.05) is 25.6 Å². The lowest BCUT2D eigenvalue weighted by molar-refractivity contribution is -0.133. The van der Waals surface area contributed by atoms with Crippen LogP contribution < -0.4 is 0 Å². The zero-order valence-corrected chi connectivity index (χ0v) is 19.9. The summed E-state index contributed by atoms with van der Waals surface area (Å²) in [6.07, 6.45) is 0.589. The number of halogens is 1. The number of benzene rings is 2. The average Bonchev–Trinajstić information content (AvgIpc) is 3.52. The van der Waals surface area contributed by atoms with Gasteiger partial charge in [0.05, 0.1) is 23.2 Å². The van der Waals surface area contributed by atoms with E-state index >= 15 is 0 Å². The molecule has 0 spiro atoms. The topological polar surface area (TPSA) is 62.2 Å². The molecule has 4 rings (SSSR count). The van der Waals surface area contributed by atoms with Gasteiger partial charge in [0.15, 0.2) is 0 Å². The number of hydrogen-bond acceptors (Lipinski definition) is 5. The third-order valence-corrected chi connectivity index (χ3v) is 6.60. The summed E-state index contributed by atoms with van der Waals surface area (Å²) in [6, 6.07) is 17.2. The fourth-order valence-electron chi connectivity index (χ4n) is 3.87. The van der Waals surface area contributed by atoms with Crippen molar-refractivity contribution in [3.8, 4) is 0 Å². The minimum Gasteiger partial charge on any atom is -0.383 e. The van der Waals surface area contributed by atoms with Crippen LogP contribution in [-0.2, 0) is 9.53 Å². The molecule has 1 aromatic heterocycles.